The number of ether oxygens (including phenoxy) is 1. The van der Waals surface area contributed by atoms with Gasteiger partial charge in [-0.3, -0.25) is 14.9 Å². The highest BCUT2D eigenvalue weighted by molar-refractivity contribution is 7.89. The van der Waals surface area contributed by atoms with Crippen LogP contribution in [-0.4, -0.2) is 44.3 Å². The van der Waals surface area contributed by atoms with E-state index in [1.54, 1.807) is 24.3 Å². The van der Waals surface area contributed by atoms with Crippen LogP contribution in [-0.2, 0) is 14.8 Å². The summed E-state index contributed by atoms with van der Waals surface area (Å²) in [6, 6.07) is 10.2. The van der Waals surface area contributed by atoms with Crippen molar-refractivity contribution in [3.8, 4) is 5.75 Å². The van der Waals surface area contributed by atoms with Gasteiger partial charge in [0.05, 0.1) is 23.5 Å². The van der Waals surface area contributed by atoms with E-state index in [2.05, 4.69) is 5.32 Å². The van der Waals surface area contributed by atoms with Crippen LogP contribution in [0.1, 0.15) is 5.56 Å². The van der Waals surface area contributed by atoms with Gasteiger partial charge < -0.3 is 10.1 Å². The Morgan fingerprint density at radius 1 is 1.22 bits per heavy atom. The zero-order chi connectivity index (χ0) is 20.2. The third-order valence-electron chi connectivity index (χ3n) is 3.83. The number of hydrogen-bond acceptors (Lipinski definition) is 6. The van der Waals surface area contributed by atoms with Gasteiger partial charge in [0.25, 0.3) is 5.69 Å². The van der Waals surface area contributed by atoms with Gasteiger partial charge in [-0.15, -0.1) is 0 Å². The number of nitro groups is 1. The Morgan fingerprint density at radius 2 is 1.85 bits per heavy atom. The standard InChI is InChI=1S/C17H19N3O6S/c1-12-4-9-15(10-16(12)20(22)23)27(24,25)19(2)11-17(21)18-13-5-7-14(26-3)8-6-13/h4-10H,11H2,1-3H3,(H,18,21). The highest BCUT2D eigenvalue weighted by Gasteiger charge is 2.25. The Kier molecular flexibility index (Phi) is 6.13. The van der Waals surface area contributed by atoms with E-state index < -0.39 is 27.4 Å². The molecule has 1 N–H and O–H groups in total. The summed E-state index contributed by atoms with van der Waals surface area (Å²) in [5.41, 5.74) is 0.531. The molecule has 0 aliphatic heterocycles. The Labute approximate surface area is 156 Å². The first-order valence-corrected chi connectivity index (χ1v) is 9.24. The van der Waals surface area contributed by atoms with Crippen LogP contribution in [0.2, 0.25) is 0 Å². The van der Waals surface area contributed by atoms with Gasteiger partial charge in [0.15, 0.2) is 0 Å². The van der Waals surface area contributed by atoms with Gasteiger partial charge in [-0.1, -0.05) is 6.07 Å². The van der Waals surface area contributed by atoms with Crippen molar-refractivity contribution in [2.24, 2.45) is 0 Å². The first-order chi connectivity index (χ1) is 12.6. The second-order valence-electron chi connectivity index (χ2n) is 5.74. The number of nitro benzene ring substituents is 1. The maximum absolute atomic E-state index is 12.6. The number of methoxy groups -OCH3 is 1. The molecule has 10 heteroatoms. The van der Waals surface area contributed by atoms with Crippen LogP contribution in [0.15, 0.2) is 47.4 Å². The Morgan fingerprint density at radius 3 is 2.41 bits per heavy atom. The second kappa shape index (κ2) is 8.14. The minimum atomic E-state index is -4.06. The Balaban J connectivity index is 2.13. The number of likely N-dealkylation sites (N-methyl/N-ethyl adjacent to an activating group) is 1. The Bertz CT molecular complexity index is 957. The van der Waals surface area contributed by atoms with Crippen LogP contribution in [0.3, 0.4) is 0 Å². The van der Waals surface area contributed by atoms with Crippen molar-refractivity contribution in [1.82, 2.24) is 4.31 Å². The molecule has 144 valence electrons. The highest BCUT2D eigenvalue weighted by Crippen LogP contribution is 2.24. The van der Waals surface area contributed by atoms with Crippen LogP contribution >= 0.6 is 0 Å². The third kappa shape index (κ3) is 4.80. The van der Waals surface area contributed by atoms with Crippen LogP contribution in [0, 0.1) is 17.0 Å². The summed E-state index contributed by atoms with van der Waals surface area (Å²) in [5, 5.41) is 13.6. The molecule has 0 unspecified atom stereocenters. The molecule has 0 heterocycles. The number of nitrogens with one attached hydrogen (secondary N) is 1. The Hall–Kier alpha value is -2.98. The van der Waals surface area contributed by atoms with Gasteiger partial charge in [0.1, 0.15) is 5.75 Å². The maximum Gasteiger partial charge on any atom is 0.273 e. The molecule has 0 fully saturated rings. The number of carbonyl (C=O) groups is 1. The molecule has 2 aromatic rings. The number of amides is 1. The number of sulfonamides is 1. The lowest BCUT2D eigenvalue weighted by atomic mass is 10.2. The minimum absolute atomic E-state index is 0.250. The van der Waals surface area contributed by atoms with Crippen LogP contribution in [0.25, 0.3) is 0 Å². The van der Waals surface area contributed by atoms with E-state index in [-0.39, 0.29) is 10.6 Å². The number of rotatable bonds is 7. The van der Waals surface area contributed by atoms with Crippen molar-refractivity contribution in [2.45, 2.75) is 11.8 Å². The molecule has 27 heavy (non-hydrogen) atoms. The van der Waals surface area contributed by atoms with E-state index in [9.17, 15) is 23.3 Å². The molecule has 2 rings (SSSR count). The summed E-state index contributed by atoms with van der Waals surface area (Å²) >= 11 is 0. The summed E-state index contributed by atoms with van der Waals surface area (Å²) in [6.45, 7) is 1.07. The number of carbonyl (C=O) groups excluding carboxylic acids is 1. The van der Waals surface area contributed by atoms with Gasteiger partial charge in [-0.25, -0.2) is 8.42 Å². The minimum Gasteiger partial charge on any atom is -0.497 e. The van der Waals surface area contributed by atoms with Crippen molar-refractivity contribution in [2.75, 3.05) is 26.0 Å². The molecule has 0 saturated heterocycles. The van der Waals surface area contributed by atoms with Gasteiger partial charge in [-0.05, 0) is 37.3 Å². The molecule has 0 aliphatic rings. The van der Waals surface area contributed by atoms with Crippen LogP contribution in [0.5, 0.6) is 5.75 Å². The molecular formula is C17H19N3O6S. The molecule has 0 saturated carbocycles. The van der Waals surface area contributed by atoms with Gasteiger partial charge in [-0.2, -0.15) is 4.31 Å². The van der Waals surface area contributed by atoms with E-state index in [1.165, 1.54) is 33.2 Å². The van der Waals surface area contributed by atoms with Crippen molar-refractivity contribution in [1.29, 1.82) is 0 Å². The third-order valence-corrected chi connectivity index (χ3v) is 5.62. The SMILES string of the molecule is COc1ccc(NC(=O)CN(C)S(=O)(=O)c2ccc(C)c([N+](=O)[O-])c2)cc1. The molecular weight excluding hydrogens is 374 g/mol. The molecule has 0 aromatic heterocycles. The molecule has 9 nitrogen and oxygen atoms in total. The number of anilines is 1. The second-order valence-corrected chi connectivity index (χ2v) is 7.79. The van der Waals surface area contributed by atoms with E-state index in [0.717, 1.165) is 10.4 Å². The van der Waals surface area contributed by atoms with E-state index in [1.807, 2.05) is 0 Å². The number of aryl methyl sites for hydroxylation is 1. The zero-order valence-corrected chi connectivity index (χ0v) is 15.8. The lowest BCUT2D eigenvalue weighted by molar-refractivity contribution is -0.385. The van der Waals surface area contributed by atoms with Crippen molar-refractivity contribution in [3.63, 3.8) is 0 Å². The fraction of sp³-hybridized carbons (Fsp3) is 0.235. The largest absolute Gasteiger partial charge is 0.497 e. The summed E-state index contributed by atoms with van der Waals surface area (Å²) in [7, 11) is -1.31. The summed E-state index contributed by atoms with van der Waals surface area (Å²) < 4.78 is 31.0. The van der Waals surface area contributed by atoms with Crippen molar-refractivity contribution >= 4 is 27.3 Å². The smallest absolute Gasteiger partial charge is 0.273 e. The fourth-order valence-electron chi connectivity index (χ4n) is 2.29. The predicted octanol–water partition coefficient (Wildman–Crippen LogP) is 2.17. The number of hydrogen-bond donors (Lipinski definition) is 1. The quantitative estimate of drug-likeness (QED) is 0.569. The van der Waals surface area contributed by atoms with E-state index >= 15 is 0 Å². The zero-order valence-electron chi connectivity index (χ0n) is 15.0. The predicted molar refractivity (Wildman–Crippen MR) is 99.3 cm³/mol. The van der Waals surface area contributed by atoms with Gasteiger partial charge in [0, 0.05) is 24.4 Å². The first kappa shape index (κ1) is 20.3. The van der Waals surface area contributed by atoms with Crippen LogP contribution in [0.4, 0.5) is 11.4 Å². The molecule has 0 spiro atoms. The molecule has 0 radical (unpaired) electrons. The highest BCUT2D eigenvalue weighted by atomic mass is 32.2. The lowest BCUT2D eigenvalue weighted by Crippen LogP contribution is -2.35. The van der Waals surface area contributed by atoms with E-state index in [4.69, 9.17) is 4.74 Å². The molecule has 0 bridgehead atoms. The van der Waals surface area contributed by atoms with Gasteiger partial charge in [0.2, 0.25) is 15.9 Å². The summed E-state index contributed by atoms with van der Waals surface area (Å²) in [5.74, 6) is 0.0708. The maximum atomic E-state index is 12.6. The molecule has 0 aliphatic carbocycles. The topological polar surface area (TPSA) is 119 Å². The lowest BCUT2D eigenvalue weighted by Gasteiger charge is -2.17. The fourth-order valence-corrected chi connectivity index (χ4v) is 3.44. The van der Waals surface area contributed by atoms with E-state index in [0.29, 0.717) is 17.0 Å². The van der Waals surface area contributed by atoms with Crippen molar-refractivity contribution in [3.05, 3.63) is 58.1 Å². The van der Waals surface area contributed by atoms with Crippen LogP contribution < -0.4 is 10.1 Å². The average Bonchev–Trinajstić information content (AvgIpc) is 2.62. The number of benzene rings is 2. The first-order valence-electron chi connectivity index (χ1n) is 7.80. The monoisotopic (exact) mass is 393 g/mol. The summed E-state index contributed by atoms with van der Waals surface area (Å²) in [6.07, 6.45) is 0. The van der Waals surface area contributed by atoms with Crippen molar-refractivity contribution < 1.29 is 22.9 Å². The average molecular weight is 393 g/mol. The van der Waals surface area contributed by atoms with Gasteiger partial charge >= 0.3 is 0 Å². The molecule has 0 atom stereocenters. The summed E-state index contributed by atoms with van der Waals surface area (Å²) in [4.78, 5) is 22.3. The molecule has 1 amide bonds. The normalized spacial score (nSPS) is 11.3. The molecule has 2 aromatic carbocycles. The number of nitrogens with zero attached hydrogens (tertiary/aromatic N) is 2.